The number of likely N-dealkylation sites (tertiary alicyclic amines) is 1. The molecule has 3 atom stereocenters. The minimum atomic E-state index is -0.916. The number of aliphatic hydroxyl groups is 2. The third-order valence-electron chi connectivity index (χ3n) is 1.89. The Morgan fingerprint density at radius 2 is 2.08 bits per heavy atom. The first-order valence-corrected chi connectivity index (χ1v) is 4.47. The van der Waals surface area contributed by atoms with Gasteiger partial charge in [0.1, 0.15) is 0 Å². The molecule has 0 aromatic rings. The Kier molecular flexibility index (Phi) is 7.84. The fourth-order valence-electron chi connectivity index (χ4n) is 1.18. The van der Waals surface area contributed by atoms with Crippen molar-refractivity contribution in [3.05, 3.63) is 0 Å². The van der Waals surface area contributed by atoms with Gasteiger partial charge in [0.25, 0.3) is 0 Å². The van der Waals surface area contributed by atoms with Crippen LogP contribution >= 0.6 is 11.6 Å². The average molecular weight is 271 g/mol. The second kappa shape index (κ2) is 6.98. The van der Waals surface area contributed by atoms with Crippen molar-refractivity contribution < 1.29 is 73.2 Å². The third kappa shape index (κ3) is 3.93. The van der Waals surface area contributed by atoms with Gasteiger partial charge < -0.3 is 19.9 Å². The van der Waals surface area contributed by atoms with Gasteiger partial charge in [-0.2, -0.15) is 6.41 Å². The van der Waals surface area contributed by atoms with Crippen LogP contribution in [0.5, 0.6) is 0 Å². The fourth-order valence-corrected chi connectivity index (χ4v) is 1.79. The summed E-state index contributed by atoms with van der Waals surface area (Å²) in [5, 5.41) is 18.3. The largest absolute Gasteiger partial charge is 1.00 e. The molecule has 3 unspecified atom stereocenters. The number of hydrogen-bond donors (Lipinski definition) is 2. The van der Waals surface area contributed by atoms with Crippen molar-refractivity contribution in [1.29, 1.82) is 0 Å². The van der Waals surface area contributed by atoms with Crippen molar-refractivity contribution in [3.63, 3.8) is 0 Å². The minimum Gasteiger partial charge on any atom is -0.520 e. The predicted octanol–water partition coefficient (Wildman–Crippen LogP) is -4.72. The molecule has 1 rings (SSSR count). The number of nitrogens with zero attached hydrogens (tertiary/aromatic N) is 1. The van der Waals surface area contributed by atoms with E-state index in [1.165, 1.54) is 4.90 Å². The molecule has 1 heterocycles. The zero-order valence-electron chi connectivity index (χ0n) is 7.38. The van der Waals surface area contributed by atoms with Gasteiger partial charge in [-0.1, -0.05) is 0 Å². The second-order valence-electron chi connectivity index (χ2n) is 2.73. The molecule has 1 saturated heterocycles. The summed E-state index contributed by atoms with van der Waals surface area (Å²) in [4.78, 5) is 11.5. The summed E-state index contributed by atoms with van der Waals surface area (Å²) in [7, 11) is 5.26. The van der Waals surface area contributed by atoms with E-state index in [-0.39, 0.29) is 70.0 Å². The average Bonchev–Trinajstić information content (AvgIpc) is 2.09. The van der Waals surface area contributed by atoms with Gasteiger partial charge in [-0.15, -0.1) is 0 Å². The van der Waals surface area contributed by atoms with Gasteiger partial charge in [0.15, 0.2) is 7.12 Å². The van der Waals surface area contributed by atoms with Crippen LogP contribution in [0.2, 0.25) is 0 Å². The van der Waals surface area contributed by atoms with Crippen LogP contribution in [0.1, 0.15) is 0 Å². The van der Waals surface area contributed by atoms with Crippen LogP contribution in [0.4, 0.5) is 0 Å². The molecule has 1 amide bonds. The maximum absolute atomic E-state index is 10.2. The molecule has 0 aromatic heterocycles. The van der Waals surface area contributed by atoms with E-state index in [0.717, 1.165) is 11.6 Å². The van der Waals surface area contributed by atoms with E-state index in [9.17, 15) is 15.0 Å². The maximum Gasteiger partial charge on any atom is 1.00 e. The SMILES string of the molecule is [B]SC1CN([C-]=O)CC(O)C1O.[Rb+]. The summed E-state index contributed by atoms with van der Waals surface area (Å²) in [5.41, 5.74) is 0. The monoisotopic (exact) mass is 271 g/mol. The molecule has 0 saturated carbocycles. The Hall–Kier alpha value is 1.61. The number of piperidine rings is 1. The van der Waals surface area contributed by atoms with Crippen LogP contribution in [0.25, 0.3) is 0 Å². The Morgan fingerprint density at radius 1 is 1.46 bits per heavy atom. The van der Waals surface area contributed by atoms with E-state index in [0.29, 0.717) is 6.54 Å². The summed E-state index contributed by atoms with van der Waals surface area (Å²) in [6, 6.07) is 0. The first-order valence-electron chi connectivity index (χ1n) is 3.53. The van der Waals surface area contributed by atoms with Crippen LogP contribution in [0, 0.1) is 0 Å². The molecular weight excluding hydrogens is 262 g/mol. The first kappa shape index (κ1) is 14.6. The van der Waals surface area contributed by atoms with Crippen LogP contribution < -0.4 is 58.2 Å². The van der Waals surface area contributed by atoms with Gasteiger partial charge in [-0.25, -0.2) is 11.6 Å². The molecule has 4 nitrogen and oxygen atoms in total. The van der Waals surface area contributed by atoms with Gasteiger partial charge >= 0.3 is 58.2 Å². The van der Waals surface area contributed by atoms with Gasteiger partial charge in [0.05, 0.1) is 12.2 Å². The molecule has 1 aliphatic heterocycles. The van der Waals surface area contributed by atoms with E-state index in [1.807, 2.05) is 0 Å². The number of rotatable bonds is 2. The van der Waals surface area contributed by atoms with Crippen molar-refractivity contribution >= 4 is 25.1 Å². The molecule has 1 aliphatic rings. The van der Waals surface area contributed by atoms with E-state index in [4.69, 9.17) is 7.12 Å². The Labute approximate surface area is 132 Å². The number of aliphatic hydroxyl groups excluding tert-OH is 2. The Balaban J connectivity index is 0.00000144. The number of carbonyl (C=O) groups excluding carboxylic acids is 1. The van der Waals surface area contributed by atoms with Crippen LogP contribution in [0.15, 0.2) is 0 Å². The van der Waals surface area contributed by atoms with Crippen molar-refractivity contribution in [2.24, 2.45) is 0 Å². The number of β-amino-alcohol motifs (C(OH)–C–C–N with tert-alkyl or cyclic N) is 1. The van der Waals surface area contributed by atoms with E-state index < -0.39 is 12.2 Å². The van der Waals surface area contributed by atoms with Crippen molar-refractivity contribution in [2.45, 2.75) is 17.5 Å². The van der Waals surface area contributed by atoms with E-state index >= 15 is 0 Å². The van der Waals surface area contributed by atoms with Crippen molar-refractivity contribution in [1.82, 2.24) is 4.90 Å². The van der Waals surface area contributed by atoms with Crippen LogP contribution in [0.3, 0.4) is 0 Å². The number of hydrogen-bond acceptors (Lipinski definition) is 4. The molecule has 2 radical (unpaired) electrons. The van der Waals surface area contributed by atoms with Crippen molar-refractivity contribution in [3.8, 4) is 0 Å². The first-order chi connectivity index (χ1) is 5.69. The minimum absolute atomic E-state index is 0. The van der Waals surface area contributed by atoms with E-state index in [2.05, 4.69) is 0 Å². The molecule has 66 valence electrons. The van der Waals surface area contributed by atoms with Gasteiger partial charge in [0.2, 0.25) is 0 Å². The van der Waals surface area contributed by atoms with Crippen LogP contribution in [-0.4, -0.2) is 59.2 Å². The molecule has 0 spiro atoms. The van der Waals surface area contributed by atoms with E-state index in [1.54, 1.807) is 6.41 Å². The molecule has 0 bridgehead atoms. The van der Waals surface area contributed by atoms with Gasteiger partial charge in [0, 0.05) is 18.3 Å². The van der Waals surface area contributed by atoms with Crippen LogP contribution in [-0.2, 0) is 4.79 Å². The standard InChI is InChI=1S/C6H9BNO3S.Rb/c7-12-5-2-8(3-9)1-4(10)6(5)11;/h4-6,10-11H,1-2H2;/q-1;+1. The molecule has 0 aliphatic carbocycles. The third-order valence-corrected chi connectivity index (χ3v) is 2.66. The molecular formula is C6H9BNO3RbS. The zero-order valence-corrected chi connectivity index (χ0v) is 13.1. The maximum atomic E-state index is 10.2. The topological polar surface area (TPSA) is 60.8 Å². The molecule has 2 N–H and O–H groups in total. The Morgan fingerprint density at radius 3 is 2.54 bits per heavy atom. The second-order valence-corrected chi connectivity index (χ2v) is 3.61. The Bertz CT molecular complexity index is 176. The zero-order chi connectivity index (χ0) is 9.14. The summed E-state index contributed by atoms with van der Waals surface area (Å²) in [6.07, 6.45) is -0.110. The quantitative estimate of drug-likeness (QED) is 0.391. The summed E-state index contributed by atoms with van der Waals surface area (Å²) in [5.74, 6) is 0. The van der Waals surface area contributed by atoms with Crippen molar-refractivity contribution in [2.75, 3.05) is 13.1 Å². The molecule has 13 heavy (non-hydrogen) atoms. The predicted molar refractivity (Wildman–Crippen MR) is 46.4 cm³/mol. The summed E-state index contributed by atoms with van der Waals surface area (Å²) < 4.78 is 0. The molecule has 0 aromatic carbocycles. The summed E-state index contributed by atoms with van der Waals surface area (Å²) in [6.45, 7) is 0.463. The number of amides is 1. The smallest absolute Gasteiger partial charge is 0.520 e. The molecule has 1 fully saturated rings. The normalized spacial score (nSPS) is 33.7. The van der Waals surface area contributed by atoms with Gasteiger partial charge in [-0.3, -0.25) is 0 Å². The summed E-state index contributed by atoms with van der Waals surface area (Å²) >= 11 is 0.946. The molecule has 7 heteroatoms. The fraction of sp³-hybridized carbons (Fsp3) is 0.833. The van der Waals surface area contributed by atoms with Gasteiger partial charge in [-0.05, 0) is 0 Å².